The molecule has 0 aliphatic rings. The molecule has 1 aromatic carbocycles. The zero-order valence-electron chi connectivity index (χ0n) is 31.8. The molecule has 0 aromatic heterocycles. The summed E-state index contributed by atoms with van der Waals surface area (Å²) in [4.78, 5) is 0. The van der Waals surface area contributed by atoms with Crippen molar-refractivity contribution in [3.63, 3.8) is 0 Å². The van der Waals surface area contributed by atoms with Crippen LogP contribution >= 0.6 is 47.0 Å². The number of aromatic hydroxyl groups is 1. The topological polar surface area (TPSA) is 20.2 Å². The highest BCUT2D eigenvalue weighted by molar-refractivity contribution is 7.99. The van der Waals surface area contributed by atoms with Gasteiger partial charge in [-0.05, 0) is 71.5 Å². The molecule has 1 nitrogen and oxygen atoms in total. The zero-order chi connectivity index (χ0) is 34.0. The van der Waals surface area contributed by atoms with E-state index in [4.69, 9.17) is 0 Å². The molecule has 0 amide bonds. The zero-order valence-corrected chi connectivity index (χ0v) is 35.1. The van der Waals surface area contributed by atoms with Crippen LogP contribution in [0.1, 0.15) is 204 Å². The van der Waals surface area contributed by atoms with E-state index in [-0.39, 0.29) is 0 Å². The summed E-state index contributed by atoms with van der Waals surface area (Å²) in [5.41, 5.74) is 5.77. The summed E-state index contributed by atoms with van der Waals surface area (Å²) < 4.78 is 0. The van der Waals surface area contributed by atoms with E-state index in [0.29, 0.717) is 5.75 Å². The maximum Gasteiger partial charge on any atom is 0.120 e. The molecule has 0 saturated carbocycles. The molecule has 276 valence electrons. The van der Waals surface area contributed by atoms with Crippen molar-refractivity contribution in [1.82, 2.24) is 0 Å². The number of benzene rings is 1. The van der Waals surface area contributed by atoms with Crippen molar-refractivity contribution in [2.45, 2.75) is 205 Å². The molecule has 0 spiro atoms. The van der Waals surface area contributed by atoms with Crippen molar-refractivity contribution in [3.05, 3.63) is 28.3 Å². The summed E-state index contributed by atoms with van der Waals surface area (Å²) in [7, 11) is 0. The first-order valence-electron chi connectivity index (χ1n) is 20.4. The third-order valence-electron chi connectivity index (χ3n) is 9.30. The summed E-state index contributed by atoms with van der Waals surface area (Å²) in [5, 5.41) is 11.5. The summed E-state index contributed by atoms with van der Waals surface area (Å²) in [6.45, 7) is 9.21. The summed E-state index contributed by atoms with van der Waals surface area (Å²) in [6, 6.07) is 2.19. The van der Waals surface area contributed by atoms with Crippen molar-refractivity contribution >= 4 is 47.0 Å². The Morgan fingerprint density at radius 3 is 1.04 bits per heavy atom. The lowest BCUT2D eigenvalue weighted by atomic mass is 9.98. The molecule has 5 heteroatoms. The SMILES string of the molecule is CCCCCCCCSCc1cc(O)c(CSCCCCCCCC)c(CSCCCCCCCC)c1CSCCCCCCCC. The third kappa shape index (κ3) is 25.1. The lowest BCUT2D eigenvalue weighted by molar-refractivity contribution is 0.469. The fraction of sp³-hybridized carbons (Fsp3) is 0.857. The first-order valence-corrected chi connectivity index (χ1v) is 25.0. The van der Waals surface area contributed by atoms with Crippen LogP contribution in [0.4, 0.5) is 0 Å². The Morgan fingerprint density at radius 2 is 0.660 bits per heavy atom. The van der Waals surface area contributed by atoms with E-state index in [9.17, 15) is 5.11 Å². The van der Waals surface area contributed by atoms with Crippen LogP contribution in [0.25, 0.3) is 0 Å². The van der Waals surface area contributed by atoms with Crippen LogP contribution in [0, 0.1) is 0 Å². The van der Waals surface area contributed by atoms with E-state index in [1.807, 2.05) is 0 Å². The number of phenolic OH excluding ortho intramolecular Hbond substituents is 1. The Kier molecular flexibility index (Phi) is 33.7. The molecule has 0 bridgehead atoms. The van der Waals surface area contributed by atoms with Gasteiger partial charge in [0, 0.05) is 28.6 Å². The highest BCUT2D eigenvalue weighted by atomic mass is 32.2. The third-order valence-corrected chi connectivity index (χ3v) is 13.6. The molecule has 0 unspecified atom stereocenters. The number of hydrogen-bond donors (Lipinski definition) is 1. The second-order valence-corrected chi connectivity index (χ2v) is 18.2. The van der Waals surface area contributed by atoms with Crippen LogP contribution in [0.15, 0.2) is 6.07 Å². The molecule has 0 aliphatic heterocycles. The second kappa shape index (κ2) is 34.9. The fourth-order valence-electron chi connectivity index (χ4n) is 6.16. The highest BCUT2D eigenvalue weighted by Crippen LogP contribution is 2.38. The van der Waals surface area contributed by atoms with Crippen LogP contribution in [-0.4, -0.2) is 28.1 Å². The second-order valence-electron chi connectivity index (χ2n) is 13.8. The molecule has 1 rings (SSSR count). The molecule has 0 saturated heterocycles. The lowest BCUT2D eigenvalue weighted by Crippen LogP contribution is -2.05. The van der Waals surface area contributed by atoms with Gasteiger partial charge in [0.25, 0.3) is 0 Å². The predicted octanol–water partition coefficient (Wildman–Crippen LogP) is 15.8. The van der Waals surface area contributed by atoms with Crippen molar-refractivity contribution in [2.24, 2.45) is 0 Å². The first kappa shape index (κ1) is 45.4. The van der Waals surface area contributed by atoms with Gasteiger partial charge in [0.15, 0.2) is 0 Å². The lowest BCUT2D eigenvalue weighted by Gasteiger charge is -2.21. The number of phenols is 1. The van der Waals surface area contributed by atoms with Gasteiger partial charge < -0.3 is 5.11 Å². The summed E-state index contributed by atoms with van der Waals surface area (Å²) in [6.07, 6.45) is 32.8. The minimum atomic E-state index is 0.579. The van der Waals surface area contributed by atoms with Gasteiger partial charge in [0.2, 0.25) is 0 Å². The van der Waals surface area contributed by atoms with Crippen LogP contribution < -0.4 is 0 Å². The Morgan fingerprint density at radius 1 is 0.362 bits per heavy atom. The van der Waals surface area contributed by atoms with Gasteiger partial charge in [-0.15, -0.1) is 0 Å². The Labute approximate surface area is 312 Å². The monoisotopic (exact) mass is 726 g/mol. The van der Waals surface area contributed by atoms with Gasteiger partial charge >= 0.3 is 0 Å². The fourth-order valence-corrected chi connectivity index (χ4v) is 10.5. The minimum Gasteiger partial charge on any atom is -0.508 e. The average Bonchev–Trinajstić information content (AvgIpc) is 3.07. The maximum atomic E-state index is 11.5. The Bertz CT molecular complexity index is 814. The van der Waals surface area contributed by atoms with E-state index >= 15 is 0 Å². The molecule has 1 N–H and O–H groups in total. The highest BCUT2D eigenvalue weighted by Gasteiger charge is 2.18. The molecule has 0 heterocycles. The van der Waals surface area contributed by atoms with Crippen molar-refractivity contribution in [2.75, 3.05) is 23.0 Å². The maximum absolute atomic E-state index is 11.5. The van der Waals surface area contributed by atoms with Crippen LogP contribution in [0.2, 0.25) is 0 Å². The number of thioether (sulfide) groups is 4. The normalized spacial score (nSPS) is 11.6. The van der Waals surface area contributed by atoms with Gasteiger partial charge in [-0.25, -0.2) is 0 Å². The number of rotatable bonds is 36. The quantitative estimate of drug-likeness (QED) is 0.0693. The first-order chi connectivity index (χ1) is 23.2. The summed E-state index contributed by atoms with van der Waals surface area (Å²) >= 11 is 8.45. The Balaban J connectivity index is 2.96. The number of hydrogen-bond acceptors (Lipinski definition) is 5. The van der Waals surface area contributed by atoms with Crippen LogP contribution in [0.3, 0.4) is 0 Å². The van der Waals surface area contributed by atoms with Crippen LogP contribution in [0.5, 0.6) is 5.75 Å². The smallest absolute Gasteiger partial charge is 0.120 e. The van der Waals surface area contributed by atoms with Crippen molar-refractivity contribution in [3.8, 4) is 5.75 Å². The van der Waals surface area contributed by atoms with Crippen LogP contribution in [-0.2, 0) is 23.0 Å². The molecule has 0 atom stereocenters. The molecular formula is C42H78OS4. The van der Waals surface area contributed by atoms with Gasteiger partial charge in [0.1, 0.15) is 5.75 Å². The molecule has 0 aliphatic carbocycles. The van der Waals surface area contributed by atoms with E-state index in [1.54, 1.807) is 5.56 Å². The van der Waals surface area contributed by atoms with Gasteiger partial charge in [-0.2, -0.15) is 47.0 Å². The Hall–Kier alpha value is 0.420. The minimum absolute atomic E-state index is 0.579. The summed E-state index contributed by atoms with van der Waals surface area (Å²) in [5.74, 6) is 9.76. The molecule has 1 aromatic rings. The van der Waals surface area contributed by atoms with Crippen molar-refractivity contribution < 1.29 is 5.11 Å². The molecular weight excluding hydrogens is 649 g/mol. The predicted molar refractivity (Wildman–Crippen MR) is 226 cm³/mol. The van der Waals surface area contributed by atoms with Gasteiger partial charge in [0.05, 0.1) is 0 Å². The van der Waals surface area contributed by atoms with E-state index < -0.39 is 0 Å². The molecule has 47 heavy (non-hydrogen) atoms. The number of unbranched alkanes of at least 4 members (excludes halogenated alkanes) is 20. The van der Waals surface area contributed by atoms with E-state index in [0.717, 1.165) is 23.0 Å². The standard InChI is InChI=1S/C42H78OS4/c1-5-9-13-17-21-25-29-44-34-38-33-42(43)41(37-47-32-28-24-20-16-12-8-4)40(36-46-31-27-23-19-15-11-7-3)39(38)35-45-30-26-22-18-14-10-6-2/h33,43H,5-32,34-37H2,1-4H3. The molecule has 0 fully saturated rings. The van der Waals surface area contributed by atoms with E-state index in [2.05, 4.69) is 80.8 Å². The van der Waals surface area contributed by atoms with Crippen molar-refractivity contribution in [1.29, 1.82) is 0 Å². The van der Waals surface area contributed by atoms with Gasteiger partial charge in [-0.1, -0.05) is 156 Å². The van der Waals surface area contributed by atoms with Gasteiger partial charge in [-0.3, -0.25) is 0 Å². The average molecular weight is 727 g/mol. The van der Waals surface area contributed by atoms with E-state index in [1.165, 1.54) is 194 Å². The largest absolute Gasteiger partial charge is 0.508 e. The molecule has 0 radical (unpaired) electrons.